The number of hydrogen-bond donors (Lipinski definition) is 2. The third-order valence-electron chi connectivity index (χ3n) is 5.40. The van der Waals surface area contributed by atoms with E-state index in [0.717, 1.165) is 4.90 Å². The topological polar surface area (TPSA) is 122 Å². The molecular formula is C24H30N2O7. The summed E-state index contributed by atoms with van der Waals surface area (Å²) in [6.45, 7) is 9.71. The molecule has 2 N–H and O–H groups in total. The van der Waals surface area contributed by atoms with Crippen LogP contribution in [-0.4, -0.2) is 51.6 Å². The molecule has 0 spiro atoms. The van der Waals surface area contributed by atoms with Gasteiger partial charge < -0.3 is 19.9 Å². The van der Waals surface area contributed by atoms with Crippen molar-refractivity contribution in [3.05, 3.63) is 41.7 Å². The lowest BCUT2D eigenvalue weighted by atomic mass is 9.65. The van der Waals surface area contributed by atoms with E-state index in [1.54, 1.807) is 65.8 Å². The third-order valence-corrected chi connectivity index (χ3v) is 5.40. The minimum atomic E-state index is -1.47. The first-order valence-corrected chi connectivity index (χ1v) is 10.8. The fourth-order valence-corrected chi connectivity index (χ4v) is 4.11. The van der Waals surface area contributed by atoms with Gasteiger partial charge in [-0.25, -0.2) is 14.5 Å². The van der Waals surface area contributed by atoms with Gasteiger partial charge in [0.2, 0.25) is 11.7 Å². The number of carbonyl (C=O) groups is 4. The minimum Gasteiger partial charge on any atom is -0.505 e. The van der Waals surface area contributed by atoms with E-state index in [-0.39, 0.29) is 13.0 Å². The number of amides is 3. The molecule has 2 aliphatic rings. The van der Waals surface area contributed by atoms with E-state index < -0.39 is 52.2 Å². The molecule has 0 fully saturated rings. The number of carbonyl (C=O) groups excluding carboxylic acids is 4. The van der Waals surface area contributed by atoms with Gasteiger partial charge >= 0.3 is 12.2 Å². The summed E-state index contributed by atoms with van der Waals surface area (Å²) in [5.41, 5.74) is -2.27. The minimum absolute atomic E-state index is 0.111. The summed E-state index contributed by atoms with van der Waals surface area (Å²) >= 11 is 0. The molecule has 1 unspecified atom stereocenters. The number of aliphatic hydroxyl groups is 1. The first kappa shape index (κ1) is 24.3. The van der Waals surface area contributed by atoms with Crippen molar-refractivity contribution >= 4 is 29.6 Å². The molecule has 1 aliphatic carbocycles. The van der Waals surface area contributed by atoms with Crippen LogP contribution in [0.3, 0.4) is 0 Å². The number of benzene rings is 1. The van der Waals surface area contributed by atoms with Gasteiger partial charge in [0.25, 0.3) is 0 Å². The van der Waals surface area contributed by atoms with Crippen LogP contribution in [0, 0.1) is 5.92 Å². The van der Waals surface area contributed by atoms with Crippen LogP contribution in [0.5, 0.6) is 0 Å². The number of nitrogens with one attached hydrogen (secondary N) is 1. The van der Waals surface area contributed by atoms with E-state index in [4.69, 9.17) is 9.47 Å². The summed E-state index contributed by atoms with van der Waals surface area (Å²) in [4.78, 5) is 52.6. The van der Waals surface area contributed by atoms with Crippen molar-refractivity contribution in [2.24, 2.45) is 5.92 Å². The van der Waals surface area contributed by atoms with Crippen molar-refractivity contribution in [2.75, 3.05) is 11.9 Å². The number of allylic oxidation sites excluding steroid dienone is 1. The van der Waals surface area contributed by atoms with Gasteiger partial charge in [0.1, 0.15) is 11.2 Å². The summed E-state index contributed by atoms with van der Waals surface area (Å²) in [7, 11) is 0. The molecule has 1 heterocycles. The summed E-state index contributed by atoms with van der Waals surface area (Å²) in [6, 6.07) is 6.79. The molecule has 1 aromatic carbocycles. The summed E-state index contributed by atoms with van der Waals surface area (Å²) in [5.74, 6) is -2.60. The van der Waals surface area contributed by atoms with Crippen molar-refractivity contribution in [2.45, 2.75) is 64.6 Å². The van der Waals surface area contributed by atoms with Crippen LogP contribution in [0.4, 0.5) is 15.3 Å². The Hall–Kier alpha value is -3.36. The zero-order chi connectivity index (χ0) is 24.8. The number of ether oxygens (including phenoxy) is 2. The number of fused-ring (bicyclic) bond motifs is 3. The fourth-order valence-electron chi connectivity index (χ4n) is 4.11. The molecule has 1 aliphatic heterocycles. The van der Waals surface area contributed by atoms with Crippen molar-refractivity contribution in [3.8, 4) is 0 Å². The Kier molecular flexibility index (Phi) is 6.04. The van der Waals surface area contributed by atoms with Gasteiger partial charge in [-0.2, -0.15) is 0 Å². The molecule has 0 saturated carbocycles. The van der Waals surface area contributed by atoms with Crippen molar-refractivity contribution < 1.29 is 33.8 Å². The van der Waals surface area contributed by atoms with Crippen LogP contribution in [0.15, 0.2) is 36.1 Å². The molecule has 2 atom stereocenters. The Labute approximate surface area is 192 Å². The highest BCUT2D eigenvalue weighted by Gasteiger charge is 2.58. The van der Waals surface area contributed by atoms with Crippen LogP contribution < -0.4 is 5.32 Å². The Morgan fingerprint density at radius 2 is 1.58 bits per heavy atom. The number of hydrogen-bond acceptors (Lipinski definition) is 7. The van der Waals surface area contributed by atoms with E-state index in [1.807, 2.05) is 0 Å². The quantitative estimate of drug-likeness (QED) is 0.700. The van der Waals surface area contributed by atoms with Crippen LogP contribution in [0.2, 0.25) is 0 Å². The zero-order valence-corrected chi connectivity index (χ0v) is 19.7. The normalized spacial score (nSPS) is 22.0. The van der Waals surface area contributed by atoms with E-state index in [2.05, 4.69) is 5.32 Å². The molecule has 0 bridgehead atoms. The zero-order valence-electron chi connectivity index (χ0n) is 19.7. The van der Waals surface area contributed by atoms with E-state index >= 15 is 0 Å². The molecule has 3 rings (SSSR count). The van der Waals surface area contributed by atoms with Crippen molar-refractivity contribution in [1.29, 1.82) is 0 Å². The average molecular weight is 459 g/mol. The number of anilines is 1. The smallest absolute Gasteiger partial charge is 0.419 e. The number of para-hydroxylation sites is 1. The van der Waals surface area contributed by atoms with Crippen LogP contribution in [-0.2, 0) is 24.5 Å². The predicted octanol–water partition coefficient (Wildman–Crippen LogP) is 4.08. The first-order valence-electron chi connectivity index (χ1n) is 10.8. The van der Waals surface area contributed by atoms with Gasteiger partial charge in [0.05, 0.1) is 11.3 Å². The molecule has 178 valence electrons. The maximum absolute atomic E-state index is 13.2. The number of aliphatic hydroxyl groups excluding tert-OH is 1. The van der Waals surface area contributed by atoms with Crippen molar-refractivity contribution in [1.82, 2.24) is 4.90 Å². The second-order valence-electron chi connectivity index (χ2n) is 10.2. The van der Waals surface area contributed by atoms with Gasteiger partial charge in [0, 0.05) is 12.2 Å². The van der Waals surface area contributed by atoms with E-state index in [0.29, 0.717) is 11.3 Å². The summed E-state index contributed by atoms with van der Waals surface area (Å²) in [6.07, 6.45) is -0.749. The fraction of sp³-hybridized carbons (Fsp3) is 0.500. The van der Waals surface area contributed by atoms with Gasteiger partial charge in [0.15, 0.2) is 5.76 Å². The Morgan fingerprint density at radius 1 is 1.03 bits per heavy atom. The van der Waals surface area contributed by atoms with E-state index in [1.165, 1.54) is 6.08 Å². The number of nitrogens with zero attached hydrogens (tertiary/aromatic N) is 1. The lowest BCUT2D eigenvalue weighted by Crippen LogP contribution is -2.51. The van der Waals surface area contributed by atoms with E-state index in [9.17, 15) is 24.3 Å². The first-order chi connectivity index (χ1) is 15.2. The van der Waals surface area contributed by atoms with Gasteiger partial charge in [-0.3, -0.25) is 9.59 Å². The molecule has 3 amide bonds. The molecular weight excluding hydrogens is 428 g/mol. The van der Waals surface area contributed by atoms with Gasteiger partial charge in [-0.05, 0) is 65.7 Å². The second kappa shape index (κ2) is 8.20. The molecule has 33 heavy (non-hydrogen) atoms. The number of rotatable bonds is 3. The van der Waals surface area contributed by atoms with Crippen LogP contribution in [0.1, 0.15) is 53.5 Å². The highest BCUT2D eigenvalue weighted by Crippen LogP contribution is 2.50. The standard InChI is InChI=1S/C24H30N2O7/c1-22(2,3)32-20(30)26(21(31)33-23(4,5)6)12-11-24-14-9-7-8-10-16(14)25-19(29)15(24)13-17(27)18(24)28/h7-10,13,15,27H,11-12H2,1-6H3,(H,25,29)/t15?,24-/m0/s1. The molecule has 1 aromatic rings. The Morgan fingerprint density at radius 3 is 2.12 bits per heavy atom. The van der Waals surface area contributed by atoms with Gasteiger partial charge in [-0.15, -0.1) is 0 Å². The number of ketones is 1. The Bertz CT molecular complexity index is 1000. The third kappa shape index (κ3) is 4.72. The van der Waals surface area contributed by atoms with Crippen molar-refractivity contribution in [3.63, 3.8) is 0 Å². The summed E-state index contributed by atoms with van der Waals surface area (Å²) in [5, 5.41) is 13.0. The van der Waals surface area contributed by atoms with Gasteiger partial charge in [-0.1, -0.05) is 18.2 Å². The number of imide groups is 1. The monoisotopic (exact) mass is 458 g/mol. The molecule has 9 nitrogen and oxygen atoms in total. The lowest BCUT2D eigenvalue weighted by Gasteiger charge is -2.39. The molecule has 9 heteroatoms. The highest BCUT2D eigenvalue weighted by atomic mass is 16.6. The molecule has 0 saturated heterocycles. The summed E-state index contributed by atoms with van der Waals surface area (Å²) < 4.78 is 10.8. The SMILES string of the molecule is CC(C)(C)OC(=O)N(CC[C@@]12C(=O)C(O)=CC1C(=O)Nc1ccccc12)C(=O)OC(C)(C)C. The van der Waals surface area contributed by atoms with Crippen LogP contribution in [0.25, 0.3) is 0 Å². The lowest BCUT2D eigenvalue weighted by molar-refractivity contribution is -0.129. The Balaban J connectivity index is 2.00. The largest absolute Gasteiger partial charge is 0.505 e. The average Bonchev–Trinajstić information content (AvgIpc) is 2.92. The number of Topliss-reactive ketones (excluding diaryl/α,β-unsaturated/α-hetero) is 1. The maximum Gasteiger partial charge on any atom is 0.419 e. The highest BCUT2D eigenvalue weighted by molar-refractivity contribution is 6.14. The second-order valence-corrected chi connectivity index (χ2v) is 10.2. The molecule has 0 aromatic heterocycles. The molecule has 0 radical (unpaired) electrons. The predicted molar refractivity (Wildman–Crippen MR) is 120 cm³/mol. The van der Waals surface area contributed by atoms with Crippen LogP contribution >= 0.6 is 0 Å². The maximum atomic E-state index is 13.2.